The molecule has 24 heavy (non-hydrogen) atoms. The van der Waals surface area contributed by atoms with E-state index in [1.807, 2.05) is 67.8 Å². The van der Waals surface area contributed by atoms with Crippen LogP contribution in [0.2, 0.25) is 5.02 Å². The molecule has 0 amide bonds. The van der Waals surface area contributed by atoms with E-state index in [0.717, 1.165) is 23.7 Å². The molecule has 0 aliphatic carbocycles. The number of rotatable bonds is 5. The van der Waals surface area contributed by atoms with Crippen LogP contribution in [0.25, 0.3) is 6.08 Å². The van der Waals surface area contributed by atoms with Gasteiger partial charge in [0.25, 0.3) is 0 Å². The van der Waals surface area contributed by atoms with Crippen molar-refractivity contribution in [3.8, 4) is 11.5 Å². The standard InChI is InChI=1S/C20H19ClN2O/c1-15(14-23-12-11-22-16(23)2)13-17-7-9-18(10-8-17)24-20-6-4-3-5-19(20)21/h3-13H,14H2,1-2H3. The van der Waals surface area contributed by atoms with Gasteiger partial charge in [-0.1, -0.05) is 47.5 Å². The van der Waals surface area contributed by atoms with Crippen molar-refractivity contribution in [3.63, 3.8) is 0 Å². The van der Waals surface area contributed by atoms with Crippen LogP contribution in [-0.2, 0) is 6.54 Å². The normalized spacial score (nSPS) is 11.5. The lowest BCUT2D eigenvalue weighted by atomic mass is 10.1. The molecule has 3 aromatic rings. The van der Waals surface area contributed by atoms with E-state index in [9.17, 15) is 0 Å². The molecular formula is C20H19ClN2O. The zero-order valence-corrected chi connectivity index (χ0v) is 14.5. The number of para-hydroxylation sites is 1. The Hall–Kier alpha value is -2.52. The fourth-order valence-corrected chi connectivity index (χ4v) is 2.63. The number of aryl methyl sites for hydroxylation is 1. The van der Waals surface area contributed by atoms with E-state index in [0.29, 0.717) is 10.8 Å². The largest absolute Gasteiger partial charge is 0.456 e. The fourth-order valence-electron chi connectivity index (χ4n) is 2.46. The van der Waals surface area contributed by atoms with Crippen molar-refractivity contribution in [1.29, 1.82) is 0 Å². The first-order valence-corrected chi connectivity index (χ1v) is 8.17. The molecular weight excluding hydrogens is 320 g/mol. The van der Waals surface area contributed by atoms with E-state index < -0.39 is 0 Å². The van der Waals surface area contributed by atoms with E-state index in [4.69, 9.17) is 16.3 Å². The van der Waals surface area contributed by atoms with Gasteiger partial charge in [-0.15, -0.1) is 0 Å². The van der Waals surface area contributed by atoms with Crippen LogP contribution in [0.1, 0.15) is 18.3 Å². The van der Waals surface area contributed by atoms with Crippen molar-refractivity contribution < 1.29 is 4.74 Å². The zero-order chi connectivity index (χ0) is 16.9. The third-order valence-electron chi connectivity index (χ3n) is 3.70. The van der Waals surface area contributed by atoms with Crippen LogP contribution < -0.4 is 4.74 Å². The van der Waals surface area contributed by atoms with Crippen LogP contribution in [0.3, 0.4) is 0 Å². The van der Waals surface area contributed by atoms with Crippen LogP contribution >= 0.6 is 11.6 Å². The first-order chi connectivity index (χ1) is 11.6. The first kappa shape index (κ1) is 16.3. The number of allylic oxidation sites excluding steroid dienone is 1. The summed E-state index contributed by atoms with van der Waals surface area (Å²) in [5.74, 6) is 2.45. The third-order valence-corrected chi connectivity index (χ3v) is 4.01. The lowest BCUT2D eigenvalue weighted by molar-refractivity contribution is 0.483. The molecule has 1 heterocycles. The predicted molar refractivity (Wildman–Crippen MR) is 98.6 cm³/mol. The smallest absolute Gasteiger partial charge is 0.146 e. The summed E-state index contributed by atoms with van der Waals surface area (Å²) < 4.78 is 7.93. The van der Waals surface area contributed by atoms with Gasteiger partial charge >= 0.3 is 0 Å². The molecule has 2 aromatic carbocycles. The second-order valence-corrected chi connectivity index (χ2v) is 6.10. The number of imidazole rings is 1. The molecule has 4 heteroatoms. The average Bonchev–Trinajstić information content (AvgIpc) is 2.96. The lowest BCUT2D eigenvalue weighted by Crippen LogP contribution is -2.00. The van der Waals surface area contributed by atoms with Gasteiger partial charge < -0.3 is 9.30 Å². The summed E-state index contributed by atoms with van der Waals surface area (Å²) >= 11 is 6.11. The Labute approximate surface area is 147 Å². The minimum Gasteiger partial charge on any atom is -0.456 e. The summed E-state index contributed by atoms with van der Waals surface area (Å²) in [4.78, 5) is 4.24. The Morgan fingerprint density at radius 2 is 1.92 bits per heavy atom. The van der Waals surface area contributed by atoms with Crippen LogP contribution in [0.5, 0.6) is 11.5 Å². The van der Waals surface area contributed by atoms with Crippen molar-refractivity contribution in [3.05, 3.63) is 82.9 Å². The van der Waals surface area contributed by atoms with Crippen molar-refractivity contribution in [1.82, 2.24) is 9.55 Å². The maximum absolute atomic E-state index is 6.11. The molecule has 0 N–H and O–H groups in total. The van der Waals surface area contributed by atoms with E-state index in [1.165, 1.54) is 5.57 Å². The minimum absolute atomic E-state index is 0.605. The Balaban J connectivity index is 1.69. The third kappa shape index (κ3) is 4.06. The fraction of sp³-hybridized carbons (Fsp3) is 0.150. The number of hydrogen-bond donors (Lipinski definition) is 0. The monoisotopic (exact) mass is 338 g/mol. The molecule has 0 fully saturated rings. The number of ether oxygens (including phenoxy) is 1. The summed E-state index contributed by atoms with van der Waals surface area (Å²) in [5.41, 5.74) is 2.40. The molecule has 0 saturated carbocycles. The molecule has 0 aliphatic rings. The van der Waals surface area contributed by atoms with Crippen molar-refractivity contribution in [2.75, 3.05) is 0 Å². The van der Waals surface area contributed by atoms with Crippen LogP contribution in [-0.4, -0.2) is 9.55 Å². The second-order valence-electron chi connectivity index (χ2n) is 5.69. The quantitative estimate of drug-likeness (QED) is 0.593. The summed E-state index contributed by atoms with van der Waals surface area (Å²) in [6.07, 6.45) is 5.98. The molecule has 0 atom stereocenters. The molecule has 3 rings (SSSR count). The van der Waals surface area contributed by atoms with E-state index >= 15 is 0 Å². The van der Waals surface area contributed by atoms with Gasteiger partial charge in [0.2, 0.25) is 0 Å². The number of benzene rings is 2. The van der Waals surface area contributed by atoms with E-state index in [2.05, 4.69) is 22.6 Å². The highest BCUT2D eigenvalue weighted by Gasteiger charge is 2.02. The SMILES string of the molecule is CC(=Cc1ccc(Oc2ccccc2Cl)cc1)Cn1ccnc1C. The van der Waals surface area contributed by atoms with Gasteiger partial charge in [0.15, 0.2) is 0 Å². The van der Waals surface area contributed by atoms with Crippen molar-refractivity contribution in [2.24, 2.45) is 0 Å². The van der Waals surface area contributed by atoms with Crippen molar-refractivity contribution in [2.45, 2.75) is 20.4 Å². The Morgan fingerprint density at radius 3 is 2.58 bits per heavy atom. The predicted octanol–water partition coefficient (Wildman–Crippen LogP) is 5.74. The molecule has 122 valence electrons. The molecule has 0 saturated heterocycles. The molecule has 0 aliphatic heterocycles. The maximum atomic E-state index is 6.11. The number of halogens is 1. The lowest BCUT2D eigenvalue weighted by Gasteiger charge is -2.08. The molecule has 0 unspecified atom stereocenters. The van der Waals surface area contributed by atoms with Gasteiger partial charge in [0.05, 0.1) is 5.02 Å². The van der Waals surface area contributed by atoms with Crippen LogP contribution in [0.15, 0.2) is 66.5 Å². The highest BCUT2D eigenvalue weighted by molar-refractivity contribution is 6.32. The van der Waals surface area contributed by atoms with Gasteiger partial charge in [0.1, 0.15) is 17.3 Å². The summed E-state index contributed by atoms with van der Waals surface area (Å²) in [6, 6.07) is 15.4. The van der Waals surface area contributed by atoms with Gasteiger partial charge in [0, 0.05) is 18.9 Å². The van der Waals surface area contributed by atoms with Gasteiger partial charge in [-0.05, 0) is 43.7 Å². The number of hydrogen-bond acceptors (Lipinski definition) is 2. The van der Waals surface area contributed by atoms with Crippen molar-refractivity contribution >= 4 is 17.7 Å². The Kier molecular flexibility index (Phi) is 5.02. The van der Waals surface area contributed by atoms with E-state index in [1.54, 1.807) is 0 Å². The summed E-state index contributed by atoms with van der Waals surface area (Å²) in [7, 11) is 0. The average molecular weight is 339 g/mol. The van der Waals surface area contributed by atoms with Gasteiger partial charge in [-0.2, -0.15) is 0 Å². The summed E-state index contributed by atoms with van der Waals surface area (Å²) in [6.45, 7) is 4.96. The van der Waals surface area contributed by atoms with Crippen LogP contribution in [0.4, 0.5) is 0 Å². The molecule has 3 nitrogen and oxygen atoms in total. The topological polar surface area (TPSA) is 27.1 Å². The van der Waals surface area contributed by atoms with Gasteiger partial charge in [-0.3, -0.25) is 0 Å². The summed E-state index contributed by atoms with van der Waals surface area (Å²) in [5, 5.41) is 0.605. The minimum atomic E-state index is 0.605. The maximum Gasteiger partial charge on any atom is 0.146 e. The van der Waals surface area contributed by atoms with E-state index in [-0.39, 0.29) is 0 Å². The zero-order valence-electron chi connectivity index (χ0n) is 13.7. The number of nitrogens with zero attached hydrogens (tertiary/aromatic N) is 2. The Morgan fingerprint density at radius 1 is 1.17 bits per heavy atom. The van der Waals surface area contributed by atoms with Gasteiger partial charge in [-0.25, -0.2) is 4.98 Å². The first-order valence-electron chi connectivity index (χ1n) is 7.79. The Bertz CT molecular complexity index is 850. The molecule has 0 radical (unpaired) electrons. The second kappa shape index (κ2) is 7.37. The highest BCUT2D eigenvalue weighted by atomic mass is 35.5. The highest BCUT2D eigenvalue weighted by Crippen LogP contribution is 2.29. The molecule has 0 bridgehead atoms. The molecule has 0 spiro atoms. The number of aromatic nitrogens is 2. The molecule has 1 aromatic heterocycles. The van der Waals surface area contributed by atoms with Crippen LogP contribution in [0, 0.1) is 6.92 Å².